The normalized spacial score (nSPS) is 10.4. The molecule has 0 aliphatic rings. The third kappa shape index (κ3) is 2.29. The van der Waals surface area contributed by atoms with E-state index in [4.69, 9.17) is 5.11 Å². The molecule has 0 amide bonds. The summed E-state index contributed by atoms with van der Waals surface area (Å²) in [5.41, 5.74) is -0.856. The molecule has 0 aromatic carbocycles. The summed E-state index contributed by atoms with van der Waals surface area (Å²) in [6.45, 7) is 5.53. The zero-order valence-electron chi connectivity index (χ0n) is 10.6. The van der Waals surface area contributed by atoms with E-state index in [-0.39, 0.29) is 24.5 Å². The van der Waals surface area contributed by atoms with Crippen LogP contribution in [0.3, 0.4) is 0 Å². The lowest BCUT2D eigenvalue weighted by atomic mass is 10.2. The van der Waals surface area contributed by atoms with Crippen molar-refractivity contribution in [2.24, 2.45) is 0 Å². The number of rotatable bonds is 4. The van der Waals surface area contributed by atoms with E-state index in [2.05, 4.69) is 4.74 Å². The van der Waals surface area contributed by atoms with Gasteiger partial charge in [-0.15, -0.1) is 0 Å². The molecule has 100 valence electrons. The van der Waals surface area contributed by atoms with E-state index in [0.29, 0.717) is 6.42 Å². The summed E-state index contributed by atoms with van der Waals surface area (Å²) in [6, 6.07) is 0. The van der Waals surface area contributed by atoms with Gasteiger partial charge in [0, 0.05) is 13.1 Å². The zero-order valence-corrected chi connectivity index (χ0v) is 10.6. The molecule has 0 bridgehead atoms. The quantitative estimate of drug-likeness (QED) is 0.799. The largest absolute Gasteiger partial charge is 0.512 e. The fourth-order valence-corrected chi connectivity index (χ4v) is 1.80. The molecule has 1 heterocycles. The van der Waals surface area contributed by atoms with Gasteiger partial charge in [-0.3, -0.25) is 13.9 Å². The van der Waals surface area contributed by atoms with Crippen molar-refractivity contribution in [3.05, 3.63) is 26.4 Å². The van der Waals surface area contributed by atoms with Crippen LogP contribution in [0.4, 0.5) is 4.79 Å². The first-order valence-corrected chi connectivity index (χ1v) is 5.75. The van der Waals surface area contributed by atoms with Crippen molar-refractivity contribution in [1.29, 1.82) is 0 Å². The molecule has 0 aliphatic heterocycles. The number of nitrogens with zero attached hydrogens (tertiary/aromatic N) is 2. The third-order valence-electron chi connectivity index (χ3n) is 2.64. The second-order valence-corrected chi connectivity index (χ2v) is 3.58. The molecular formula is C11H16N2O5. The van der Waals surface area contributed by atoms with Gasteiger partial charge >= 0.3 is 11.8 Å². The molecule has 1 aromatic heterocycles. The summed E-state index contributed by atoms with van der Waals surface area (Å²) in [4.78, 5) is 34.6. The Hall–Kier alpha value is -2.05. The van der Waals surface area contributed by atoms with Crippen LogP contribution in [-0.2, 0) is 19.5 Å². The lowest BCUT2D eigenvalue weighted by Crippen LogP contribution is -2.42. The number of carboxylic acid groups (broad SMARTS) is 1. The Balaban J connectivity index is 3.72. The van der Waals surface area contributed by atoms with Crippen LogP contribution in [0.5, 0.6) is 5.88 Å². The second kappa shape index (κ2) is 5.52. The van der Waals surface area contributed by atoms with Crippen LogP contribution < -0.4 is 16.0 Å². The Morgan fingerprint density at radius 1 is 1.17 bits per heavy atom. The Morgan fingerprint density at radius 3 is 2.11 bits per heavy atom. The van der Waals surface area contributed by atoms with Crippen LogP contribution >= 0.6 is 0 Å². The zero-order chi connectivity index (χ0) is 13.9. The molecule has 7 heteroatoms. The van der Waals surface area contributed by atoms with Crippen LogP contribution in [0.2, 0.25) is 0 Å². The maximum absolute atomic E-state index is 12.0. The van der Waals surface area contributed by atoms with Crippen LogP contribution in [0.1, 0.15) is 26.3 Å². The van der Waals surface area contributed by atoms with Gasteiger partial charge in [-0.25, -0.2) is 9.59 Å². The smallest absolute Gasteiger partial charge is 0.449 e. The van der Waals surface area contributed by atoms with Crippen molar-refractivity contribution in [2.45, 2.75) is 40.3 Å². The SMILES string of the molecule is CCc1c(OC(=O)O)n(CC)c(=O)n(CC)c1=O. The van der Waals surface area contributed by atoms with E-state index in [9.17, 15) is 14.4 Å². The highest BCUT2D eigenvalue weighted by Crippen LogP contribution is 2.13. The first-order chi connectivity index (χ1) is 8.47. The monoisotopic (exact) mass is 256 g/mol. The van der Waals surface area contributed by atoms with Crippen molar-refractivity contribution in [2.75, 3.05) is 0 Å². The fourth-order valence-electron chi connectivity index (χ4n) is 1.80. The Labute approximate surface area is 103 Å². The van der Waals surface area contributed by atoms with Crippen molar-refractivity contribution in [1.82, 2.24) is 9.13 Å². The fraction of sp³-hybridized carbons (Fsp3) is 0.545. The molecule has 1 rings (SSSR count). The minimum atomic E-state index is -1.54. The number of hydrogen-bond donors (Lipinski definition) is 1. The van der Waals surface area contributed by atoms with Gasteiger partial charge < -0.3 is 9.84 Å². The van der Waals surface area contributed by atoms with Gasteiger partial charge in [0.05, 0.1) is 5.56 Å². The topological polar surface area (TPSA) is 90.5 Å². The molecule has 0 unspecified atom stereocenters. The predicted molar refractivity (Wildman–Crippen MR) is 64.3 cm³/mol. The summed E-state index contributed by atoms with van der Waals surface area (Å²) in [5, 5.41) is 8.67. The maximum atomic E-state index is 12.0. The molecule has 7 nitrogen and oxygen atoms in total. The van der Waals surface area contributed by atoms with Crippen molar-refractivity contribution in [3.63, 3.8) is 0 Å². The van der Waals surface area contributed by atoms with Crippen LogP contribution in [0.25, 0.3) is 0 Å². The molecular weight excluding hydrogens is 240 g/mol. The Bertz CT molecular complexity index is 531. The second-order valence-electron chi connectivity index (χ2n) is 3.58. The first-order valence-electron chi connectivity index (χ1n) is 5.75. The molecule has 18 heavy (non-hydrogen) atoms. The van der Waals surface area contributed by atoms with Gasteiger partial charge in [-0.1, -0.05) is 6.92 Å². The lowest BCUT2D eigenvalue weighted by molar-refractivity contribution is 0.139. The predicted octanol–water partition coefficient (Wildman–Crippen LogP) is 0.669. The molecule has 1 N–H and O–H groups in total. The van der Waals surface area contributed by atoms with E-state index in [0.717, 1.165) is 9.13 Å². The Morgan fingerprint density at radius 2 is 1.72 bits per heavy atom. The van der Waals surface area contributed by atoms with Crippen molar-refractivity contribution >= 4 is 6.16 Å². The first kappa shape index (κ1) is 14.0. The number of carbonyl (C=O) groups is 1. The Kier molecular flexibility index (Phi) is 4.30. The standard InChI is InChI=1S/C11H16N2O5/c1-4-7-8(14)12(5-2)10(15)13(6-3)9(7)18-11(16)17/h4-6H2,1-3H3,(H,16,17). The van der Waals surface area contributed by atoms with Gasteiger partial charge in [0.25, 0.3) is 5.56 Å². The lowest BCUT2D eigenvalue weighted by Gasteiger charge is -2.15. The van der Waals surface area contributed by atoms with Gasteiger partial charge in [-0.2, -0.15) is 0 Å². The highest BCUT2D eigenvalue weighted by atomic mass is 16.7. The molecule has 0 saturated carbocycles. The molecule has 1 aromatic rings. The average Bonchev–Trinajstić information content (AvgIpc) is 2.29. The van der Waals surface area contributed by atoms with E-state index >= 15 is 0 Å². The third-order valence-corrected chi connectivity index (χ3v) is 2.64. The molecule has 0 saturated heterocycles. The maximum Gasteiger partial charge on any atom is 0.512 e. The summed E-state index contributed by atoms with van der Waals surface area (Å²) in [7, 11) is 0. The van der Waals surface area contributed by atoms with E-state index < -0.39 is 17.4 Å². The van der Waals surface area contributed by atoms with Crippen molar-refractivity contribution in [3.8, 4) is 5.88 Å². The highest BCUT2D eigenvalue weighted by Gasteiger charge is 2.19. The summed E-state index contributed by atoms with van der Waals surface area (Å²) < 4.78 is 6.80. The van der Waals surface area contributed by atoms with Gasteiger partial charge in [0.15, 0.2) is 0 Å². The van der Waals surface area contributed by atoms with Crippen LogP contribution in [0.15, 0.2) is 9.59 Å². The summed E-state index contributed by atoms with van der Waals surface area (Å²) in [6.07, 6.45) is -1.25. The molecule has 0 radical (unpaired) electrons. The van der Waals surface area contributed by atoms with Crippen LogP contribution in [0, 0.1) is 0 Å². The minimum absolute atomic E-state index is 0.174. The van der Waals surface area contributed by atoms with Gasteiger partial charge in [-0.05, 0) is 20.3 Å². The van der Waals surface area contributed by atoms with Gasteiger partial charge in [0.1, 0.15) is 0 Å². The molecule has 0 spiro atoms. The van der Waals surface area contributed by atoms with E-state index in [1.165, 1.54) is 0 Å². The minimum Gasteiger partial charge on any atom is -0.449 e. The molecule has 0 fully saturated rings. The molecule has 0 atom stereocenters. The number of ether oxygens (including phenoxy) is 1. The number of hydrogen-bond acceptors (Lipinski definition) is 4. The molecule has 0 aliphatic carbocycles. The van der Waals surface area contributed by atoms with Crippen LogP contribution in [-0.4, -0.2) is 20.4 Å². The summed E-state index contributed by atoms with van der Waals surface area (Å²) in [5.74, 6) is -0.174. The number of aromatic nitrogens is 2. The summed E-state index contributed by atoms with van der Waals surface area (Å²) >= 11 is 0. The van der Waals surface area contributed by atoms with E-state index in [1.807, 2.05) is 0 Å². The van der Waals surface area contributed by atoms with E-state index in [1.54, 1.807) is 20.8 Å². The highest BCUT2D eigenvalue weighted by molar-refractivity contribution is 5.61. The van der Waals surface area contributed by atoms with Gasteiger partial charge in [0.2, 0.25) is 5.88 Å². The average molecular weight is 256 g/mol. The van der Waals surface area contributed by atoms with Crippen molar-refractivity contribution < 1.29 is 14.6 Å².